The number of nitrogens with two attached hydrogens (primary N) is 1. The van der Waals surface area contributed by atoms with E-state index in [1.807, 2.05) is 6.08 Å². The molecule has 0 spiro atoms. The predicted molar refractivity (Wildman–Crippen MR) is 214 cm³/mol. The number of rotatable bonds is 38. The minimum absolute atomic E-state index is 0.0426. The summed E-state index contributed by atoms with van der Waals surface area (Å²) >= 11 is 0. The van der Waals surface area contributed by atoms with Crippen molar-refractivity contribution in [2.75, 3.05) is 19.8 Å². The number of hydrogen-bond acceptors (Lipinski definition) is 7. The number of unbranched alkanes of at least 4 members (excludes halogenated alkanes) is 20. The molecule has 0 saturated carbocycles. The molecule has 0 rings (SSSR count). The highest BCUT2D eigenvalue weighted by Crippen LogP contribution is 2.43. The molecule has 9 nitrogen and oxygen atoms in total. The van der Waals surface area contributed by atoms with Crippen LogP contribution in [0.3, 0.4) is 0 Å². The molecule has 0 aromatic carbocycles. The van der Waals surface area contributed by atoms with Crippen LogP contribution in [0.2, 0.25) is 0 Å². The number of allylic oxidation sites excluding steroid dienone is 5. The van der Waals surface area contributed by atoms with Gasteiger partial charge in [0.1, 0.15) is 0 Å². The highest BCUT2D eigenvalue weighted by atomic mass is 31.2. The van der Waals surface area contributed by atoms with Crippen LogP contribution in [0.5, 0.6) is 0 Å². The Bertz CT molecular complexity index is 914. The third-order valence-electron chi connectivity index (χ3n) is 9.00. The van der Waals surface area contributed by atoms with Gasteiger partial charge in [-0.3, -0.25) is 13.8 Å². The van der Waals surface area contributed by atoms with Crippen molar-refractivity contribution < 1.29 is 33.5 Å². The Morgan fingerprint density at radius 2 is 1.12 bits per heavy atom. The monoisotopic (exact) mass is 743 g/mol. The van der Waals surface area contributed by atoms with Crippen molar-refractivity contribution >= 4 is 13.7 Å². The van der Waals surface area contributed by atoms with Crippen molar-refractivity contribution in [1.29, 1.82) is 0 Å². The number of carbonyl (C=O) groups excluding carboxylic acids is 1. The van der Waals surface area contributed by atoms with E-state index < -0.39 is 38.6 Å². The highest BCUT2D eigenvalue weighted by molar-refractivity contribution is 7.47. The van der Waals surface area contributed by atoms with Gasteiger partial charge in [-0.15, -0.1) is 0 Å². The Labute approximate surface area is 312 Å². The van der Waals surface area contributed by atoms with E-state index >= 15 is 0 Å². The van der Waals surface area contributed by atoms with Crippen molar-refractivity contribution in [3.05, 3.63) is 36.5 Å². The molecule has 0 aromatic rings. The minimum Gasteiger partial charge on any atom is -0.393 e. The summed E-state index contributed by atoms with van der Waals surface area (Å²) in [5, 5.41) is 24.0. The Hall–Kier alpha value is -1.32. The molecule has 300 valence electrons. The zero-order valence-corrected chi connectivity index (χ0v) is 33.6. The van der Waals surface area contributed by atoms with Crippen LogP contribution in [0.25, 0.3) is 0 Å². The number of aliphatic hydroxyl groups is 2. The van der Waals surface area contributed by atoms with Crippen LogP contribution < -0.4 is 11.1 Å². The van der Waals surface area contributed by atoms with Crippen LogP contribution >= 0.6 is 7.82 Å². The predicted octanol–water partition coefficient (Wildman–Crippen LogP) is 10.1. The third-order valence-corrected chi connectivity index (χ3v) is 9.99. The molecular formula is C41H79N2O7P. The number of carbonyl (C=O) groups is 1. The molecule has 1 amide bonds. The van der Waals surface area contributed by atoms with E-state index in [4.69, 9.17) is 14.8 Å². The van der Waals surface area contributed by atoms with Crippen LogP contribution in [0, 0.1) is 0 Å². The van der Waals surface area contributed by atoms with Gasteiger partial charge in [-0.1, -0.05) is 166 Å². The van der Waals surface area contributed by atoms with Gasteiger partial charge in [-0.05, 0) is 44.9 Å². The van der Waals surface area contributed by atoms with E-state index in [0.717, 1.165) is 44.9 Å². The lowest BCUT2D eigenvalue weighted by molar-refractivity contribution is -0.124. The maximum Gasteiger partial charge on any atom is 0.472 e. The third kappa shape index (κ3) is 35.5. The van der Waals surface area contributed by atoms with Crippen LogP contribution in [0.15, 0.2) is 36.5 Å². The van der Waals surface area contributed by atoms with Crippen molar-refractivity contribution in [2.45, 2.75) is 199 Å². The molecular weight excluding hydrogens is 663 g/mol. The number of amides is 1. The van der Waals surface area contributed by atoms with Crippen molar-refractivity contribution in [2.24, 2.45) is 5.73 Å². The standard InChI is InChI=1S/C41H79N2O7P/c1-3-5-7-9-11-13-15-17-18-19-21-22-24-26-28-30-32-38(44)36-41(46)43-39(37-50-51(47,48)49-35-34-42)40(45)33-31-29-27-25-23-20-16-14-12-10-8-6-4-2/h12,14,23,25,31,33,38-40,44-45H,3-11,13,15-22,24,26-30,32,34-37,42H2,1-2H3,(H,43,46)(H,47,48)/b14-12+,25-23+,33-31+. The van der Waals surface area contributed by atoms with E-state index in [2.05, 4.69) is 43.5 Å². The Morgan fingerprint density at radius 3 is 1.63 bits per heavy atom. The quantitative estimate of drug-likeness (QED) is 0.0238. The Morgan fingerprint density at radius 1 is 0.667 bits per heavy atom. The largest absolute Gasteiger partial charge is 0.472 e. The van der Waals surface area contributed by atoms with Gasteiger partial charge >= 0.3 is 7.82 Å². The van der Waals surface area contributed by atoms with E-state index in [1.54, 1.807) is 6.08 Å². The van der Waals surface area contributed by atoms with Gasteiger partial charge < -0.3 is 26.2 Å². The highest BCUT2D eigenvalue weighted by Gasteiger charge is 2.27. The molecule has 6 N–H and O–H groups in total. The second kappa shape index (κ2) is 37.0. The summed E-state index contributed by atoms with van der Waals surface area (Å²) in [5.41, 5.74) is 5.35. The van der Waals surface area contributed by atoms with Crippen LogP contribution in [0.1, 0.15) is 181 Å². The van der Waals surface area contributed by atoms with Crippen LogP contribution in [-0.2, 0) is 18.4 Å². The molecule has 0 radical (unpaired) electrons. The average Bonchev–Trinajstić information content (AvgIpc) is 3.10. The lowest BCUT2D eigenvalue weighted by atomic mass is 10.0. The van der Waals surface area contributed by atoms with Crippen molar-refractivity contribution in [3.63, 3.8) is 0 Å². The van der Waals surface area contributed by atoms with Gasteiger partial charge in [0.05, 0.1) is 37.9 Å². The normalized spacial score (nSPS) is 15.2. The average molecular weight is 743 g/mol. The second-order valence-electron chi connectivity index (χ2n) is 14.0. The van der Waals surface area contributed by atoms with Crippen molar-refractivity contribution in [1.82, 2.24) is 5.32 Å². The molecule has 0 heterocycles. The Balaban J connectivity index is 4.39. The van der Waals surface area contributed by atoms with E-state index in [-0.39, 0.29) is 19.6 Å². The maximum atomic E-state index is 12.8. The van der Waals surface area contributed by atoms with Crippen LogP contribution in [0.4, 0.5) is 0 Å². The fourth-order valence-corrected chi connectivity index (χ4v) is 6.61. The first-order chi connectivity index (χ1) is 24.8. The molecule has 0 aliphatic heterocycles. The first kappa shape index (κ1) is 49.7. The summed E-state index contributed by atoms with van der Waals surface area (Å²) in [6, 6.07) is -1.00. The van der Waals surface area contributed by atoms with E-state index in [0.29, 0.717) is 12.8 Å². The molecule has 0 fully saturated rings. The zero-order valence-electron chi connectivity index (χ0n) is 32.7. The lowest BCUT2D eigenvalue weighted by Gasteiger charge is -2.24. The van der Waals surface area contributed by atoms with Gasteiger partial charge in [-0.2, -0.15) is 0 Å². The van der Waals surface area contributed by atoms with Gasteiger partial charge in [0.15, 0.2) is 0 Å². The number of nitrogens with one attached hydrogen (secondary N) is 1. The first-order valence-corrected chi connectivity index (χ1v) is 22.2. The smallest absolute Gasteiger partial charge is 0.393 e. The van der Waals surface area contributed by atoms with Gasteiger partial charge in [0, 0.05) is 6.54 Å². The summed E-state index contributed by atoms with van der Waals surface area (Å²) in [5.74, 6) is -0.460. The summed E-state index contributed by atoms with van der Waals surface area (Å²) < 4.78 is 22.0. The van der Waals surface area contributed by atoms with Crippen molar-refractivity contribution in [3.8, 4) is 0 Å². The first-order valence-electron chi connectivity index (χ1n) is 20.7. The number of aliphatic hydroxyl groups excluding tert-OH is 2. The molecule has 0 aromatic heterocycles. The SMILES string of the molecule is CCCCC/C=C/CC/C=C/CC/C=C/C(O)C(COP(=O)(O)OCCN)NC(=O)CC(O)CCCCCCCCCCCCCCCCCC. The molecule has 0 saturated heterocycles. The van der Waals surface area contributed by atoms with Gasteiger partial charge in [0.2, 0.25) is 5.91 Å². The number of hydrogen-bond donors (Lipinski definition) is 5. The minimum atomic E-state index is -4.40. The Kier molecular flexibility index (Phi) is 36.1. The fraction of sp³-hybridized carbons (Fsp3) is 0.829. The number of phosphoric acid groups is 1. The molecule has 4 unspecified atom stereocenters. The molecule has 4 atom stereocenters. The maximum absolute atomic E-state index is 12.8. The summed E-state index contributed by atoms with van der Waals surface area (Å²) in [4.78, 5) is 22.7. The molecule has 51 heavy (non-hydrogen) atoms. The van der Waals surface area contributed by atoms with E-state index in [9.17, 15) is 24.5 Å². The second-order valence-corrected chi connectivity index (χ2v) is 15.5. The number of phosphoric ester groups is 1. The lowest BCUT2D eigenvalue weighted by Crippen LogP contribution is -2.46. The van der Waals surface area contributed by atoms with E-state index in [1.165, 1.54) is 103 Å². The fourth-order valence-electron chi connectivity index (χ4n) is 5.85. The summed E-state index contributed by atoms with van der Waals surface area (Å²) in [6.07, 6.45) is 39.5. The summed E-state index contributed by atoms with van der Waals surface area (Å²) in [6.45, 7) is 3.90. The molecule has 0 aliphatic carbocycles. The topological polar surface area (TPSA) is 151 Å². The molecule has 0 bridgehead atoms. The van der Waals surface area contributed by atoms with Gasteiger partial charge in [-0.25, -0.2) is 4.57 Å². The van der Waals surface area contributed by atoms with Gasteiger partial charge in [0.25, 0.3) is 0 Å². The zero-order chi connectivity index (χ0) is 37.7. The molecule has 10 heteroatoms. The van der Waals surface area contributed by atoms with Crippen LogP contribution in [-0.4, -0.2) is 59.0 Å². The summed E-state index contributed by atoms with van der Waals surface area (Å²) in [7, 11) is -4.40. The molecule has 0 aliphatic rings.